The summed E-state index contributed by atoms with van der Waals surface area (Å²) in [5.41, 5.74) is 0. The minimum atomic E-state index is -0.0751. The molecule has 26 heavy (non-hydrogen) atoms. The lowest BCUT2D eigenvalue weighted by Crippen LogP contribution is -2.47. The molecule has 1 aliphatic heterocycles. The molecule has 8 heteroatoms. The van der Waals surface area contributed by atoms with Crippen LogP contribution < -0.4 is 10.6 Å². The summed E-state index contributed by atoms with van der Waals surface area (Å²) in [5.74, 6) is 0.528. The van der Waals surface area contributed by atoms with Crippen LogP contribution in [0.4, 0.5) is 0 Å². The smallest absolute Gasteiger partial charge is 0.229 e. The van der Waals surface area contributed by atoms with Crippen LogP contribution in [0, 0.1) is 0 Å². The van der Waals surface area contributed by atoms with E-state index in [4.69, 9.17) is 0 Å². The quantitative estimate of drug-likeness (QED) is 0.202. The van der Waals surface area contributed by atoms with Gasteiger partial charge in [-0.2, -0.15) is 0 Å². The van der Waals surface area contributed by atoms with Gasteiger partial charge in [0.15, 0.2) is 5.96 Å². The van der Waals surface area contributed by atoms with E-state index < -0.39 is 0 Å². The second kappa shape index (κ2) is 12.2. The molecule has 0 saturated carbocycles. The Kier molecular flexibility index (Phi) is 10.6. The number of halogens is 1. The van der Waals surface area contributed by atoms with Gasteiger partial charge >= 0.3 is 0 Å². The van der Waals surface area contributed by atoms with Crippen LogP contribution in [0.2, 0.25) is 0 Å². The molecule has 2 amide bonds. The number of amides is 2. The molecule has 0 bridgehead atoms. The van der Waals surface area contributed by atoms with Crippen LogP contribution in [0.15, 0.2) is 40.2 Å². The van der Waals surface area contributed by atoms with E-state index in [2.05, 4.69) is 34.7 Å². The zero-order chi connectivity index (χ0) is 18.1. The molecule has 1 atom stereocenters. The van der Waals surface area contributed by atoms with Crippen molar-refractivity contribution in [1.82, 2.24) is 15.5 Å². The Morgan fingerprint density at radius 2 is 1.85 bits per heavy atom. The van der Waals surface area contributed by atoms with Crippen LogP contribution >= 0.6 is 35.7 Å². The third kappa shape index (κ3) is 7.53. The molecule has 144 valence electrons. The highest BCUT2D eigenvalue weighted by Gasteiger charge is 2.25. The van der Waals surface area contributed by atoms with Crippen LogP contribution in [0.1, 0.15) is 26.2 Å². The van der Waals surface area contributed by atoms with E-state index in [9.17, 15) is 9.59 Å². The van der Waals surface area contributed by atoms with Crippen molar-refractivity contribution in [1.29, 1.82) is 0 Å². The Morgan fingerprint density at radius 1 is 1.19 bits per heavy atom. The van der Waals surface area contributed by atoms with Gasteiger partial charge in [-0.05, 0) is 18.6 Å². The summed E-state index contributed by atoms with van der Waals surface area (Å²) in [5, 5.41) is 6.82. The summed E-state index contributed by atoms with van der Waals surface area (Å²) in [6, 6.07) is 10.3. The highest BCUT2D eigenvalue weighted by atomic mass is 127. The Hall–Kier alpha value is -1.29. The summed E-state index contributed by atoms with van der Waals surface area (Å²) in [6.07, 6.45) is 1.60. The number of hydrogen-bond acceptors (Lipinski definition) is 4. The van der Waals surface area contributed by atoms with Crippen LogP contribution in [0.25, 0.3) is 0 Å². The molecule has 1 fully saturated rings. The van der Waals surface area contributed by atoms with Gasteiger partial charge in [-0.25, -0.2) is 0 Å². The van der Waals surface area contributed by atoms with E-state index in [-0.39, 0.29) is 35.8 Å². The van der Waals surface area contributed by atoms with Crippen molar-refractivity contribution in [3.05, 3.63) is 30.3 Å². The van der Waals surface area contributed by atoms with Crippen molar-refractivity contribution in [2.45, 2.75) is 36.3 Å². The number of guanidine groups is 1. The number of benzene rings is 1. The lowest BCUT2D eigenvalue weighted by molar-refractivity contribution is -0.147. The minimum absolute atomic E-state index is 0. The van der Waals surface area contributed by atoms with Gasteiger partial charge in [-0.1, -0.05) is 25.1 Å². The maximum absolute atomic E-state index is 11.8. The first kappa shape index (κ1) is 22.8. The van der Waals surface area contributed by atoms with Crippen LogP contribution in [0.3, 0.4) is 0 Å². The molecule has 2 rings (SSSR count). The molecule has 1 unspecified atom stereocenters. The molecule has 0 aromatic heterocycles. The number of thioether (sulfide) groups is 1. The van der Waals surface area contributed by atoms with Crippen molar-refractivity contribution in [2.24, 2.45) is 4.99 Å². The number of carbonyl (C=O) groups excluding carboxylic acids is 2. The van der Waals surface area contributed by atoms with Crippen LogP contribution in [0.5, 0.6) is 0 Å². The maximum Gasteiger partial charge on any atom is 0.229 e. The molecule has 6 nitrogen and oxygen atoms in total. The topological polar surface area (TPSA) is 73.8 Å². The van der Waals surface area contributed by atoms with E-state index in [0.717, 1.165) is 6.54 Å². The second-order valence-corrected chi connectivity index (χ2v) is 7.43. The number of carbonyl (C=O) groups is 2. The van der Waals surface area contributed by atoms with E-state index in [0.29, 0.717) is 43.6 Å². The number of nitrogens with one attached hydrogen (secondary N) is 2. The van der Waals surface area contributed by atoms with E-state index >= 15 is 0 Å². The molecule has 1 aromatic carbocycles. The average Bonchev–Trinajstić information content (AvgIpc) is 2.61. The van der Waals surface area contributed by atoms with Gasteiger partial charge in [-0.15, -0.1) is 35.7 Å². The standard InChI is InChI=1S/C18H26N4O2S.HI/c1-14(25-15-7-4-3-5-8-15)13-21-18(19-2)20-11-12-22-16(23)9-6-10-17(22)24;/h3-5,7-8,14H,6,9-13H2,1-2H3,(H2,19,20,21);1H. The number of rotatable bonds is 7. The van der Waals surface area contributed by atoms with Gasteiger partial charge in [0.05, 0.1) is 0 Å². The highest BCUT2D eigenvalue weighted by Crippen LogP contribution is 2.21. The Balaban J connectivity index is 0.00000338. The van der Waals surface area contributed by atoms with Gasteiger partial charge in [-0.3, -0.25) is 19.5 Å². The zero-order valence-corrected chi connectivity index (χ0v) is 18.4. The predicted octanol–water partition coefficient (Wildman–Crippen LogP) is 2.49. The number of nitrogens with zero attached hydrogens (tertiary/aromatic N) is 2. The fraction of sp³-hybridized carbons (Fsp3) is 0.500. The second-order valence-electron chi connectivity index (χ2n) is 5.91. The molecule has 1 heterocycles. The van der Waals surface area contributed by atoms with Crippen molar-refractivity contribution >= 4 is 53.5 Å². The molecule has 0 aliphatic carbocycles. The molecule has 0 radical (unpaired) electrons. The van der Waals surface area contributed by atoms with E-state index in [1.54, 1.807) is 18.8 Å². The first-order valence-corrected chi connectivity index (χ1v) is 9.47. The van der Waals surface area contributed by atoms with Crippen molar-refractivity contribution in [2.75, 3.05) is 26.7 Å². The van der Waals surface area contributed by atoms with Crippen molar-refractivity contribution in [3.63, 3.8) is 0 Å². The minimum Gasteiger partial charge on any atom is -0.355 e. The van der Waals surface area contributed by atoms with Crippen molar-refractivity contribution < 1.29 is 9.59 Å². The van der Waals surface area contributed by atoms with Crippen LogP contribution in [-0.4, -0.2) is 54.6 Å². The predicted molar refractivity (Wildman–Crippen MR) is 117 cm³/mol. The molecule has 2 N–H and O–H groups in total. The number of likely N-dealkylation sites (tertiary alicyclic amines) is 1. The summed E-state index contributed by atoms with van der Waals surface area (Å²) >= 11 is 1.80. The third-order valence-corrected chi connectivity index (χ3v) is 4.99. The molecule has 0 spiro atoms. The SMILES string of the molecule is CN=C(NCCN1C(=O)CCCC1=O)NCC(C)Sc1ccccc1.I. The Morgan fingerprint density at radius 3 is 2.46 bits per heavy atom. The Bertz CT molecular complexity index is 596. The highest BCUT2D eigenvalue weighted by molar-refractivity contribution is 14.0. The van der Waals surface area contributed by atoms with Gasteiger partial charge in [0, 0.05) is 49.7 Å². The number of piperidine rings is 1. The maximum atomic E-state index is 11.8. The van der Waals surface area contributed by atoms with Gasteiger partial charge < -0.3 is 10.6 Å². The number of aliphatic imine (C=N–C) groups is 1. The molecule has 1 aromatic rings. The van der Waals surface area contributed by atoms with Gasteiger partial charge in [0.1, 0.15) is 0 Å². The summed E-state index contributed by atoms with van der Waals surface area (Å²) < 4.78 is 0. The van der Waals surface area contributed by atoms with Crippen molar-refractivity contribution in [3.8, 4) is 0 Å². The van der Waals surface area contributed by atoms with E-state index in [1.165, 1.54) is 9.80 Å². The zero-order valence-electron chi connectivity index (χ0n) is 15.2. The fourth-order valence-corrected chi connectivity index (χ4v) is 3.51. The Labute approximate surface area is 176 Å². The first-order chi connectivity index (χ1) is 12.1. The third-order valence-electron chi connectivity index (χ3n) is 3.87. The van der Waals surface area contributed by atoms with Gasteiger partial charge in [0.25, 0.3) is 0 Å². The van der Waals surface area contributed by atoms with Crippen LogP contribution in [-0.2, 0) is 9.59 Å². The molecular weight excluding hydrogens is 463 g/mol. The average molecular weight is 490 g/mol. The lowest BCUT2D eigenvalue weighted by Gasteiger charge is -2.25. The normalized spacial score (nSPS) is 16.1. The first-order valence-electron chi connectivity index (χ1n) is 8.59. The molecule has 1 saturated heterocycles. The summed E-state index contributed by atoms with van der Waals surface area (Å²) in [7, 11) is 1.71. The summed E-state index contributed by atoms with van der Waals surface area (Å²) in [4.78, 5) is 30.3. The monoisotopic (exact) mass is 490 g/mol. The lowest BCUT2D eigenvalue weighted by atomic mass is 10.1. The molecule has 1 aliphatic rings. The van der Waals surface area contributed by atoms with E-state index in [1.807, 2.05) is 18.2 Å². The number of imide groups is 1. The largest absolute Gasteiger partial charge is 0.355 e. The summed E-state index contributed by atoms with van der Waals surface area (Å²) in [6.45, 7) is 3.80. The number of hydrogen-bond donors (Lipinski definition) is 2. The fourth-order valence-electron chi connectivity index (χ4n) is 2.57. The van der Waals surface area contributed by atoms with Gasteiger partial charge in [0.2, 0.25) is 11.8 Å². The molecular formula is C18H27IN4O2S.